The number of carbonyl (C=O) groups is 1. The zero-order valence-electron chi connectivity index (χ0n) is 13.4. The lowest BCUT2D eigenvalue weighted by molar-refractivity contribution is -0.120. The van der Waals surface area contributed by atoms with E-state index in [0.717, 1.165) is 0 Å². The number of para-hydroxylation sites is 1. The van der Waals surface area contributed by atoms with E-state index in [-0.39, 0.29) is 12.5 Å². The first kappa shape index (κ1) is 17.9. The largest absolute Gasteiger partial charge is 0.324 e. The summed E-state index contributed by atoms with van der Waals surface area (Å²) in [6.07, 6.45) is 0. The van der Waals surface area contributed by atoms with Crippen LogP contribution in [0.25, 0.3) is 0 Å². The molecule has 0 radical (unpaired) electrons. The Kier molecular flexibility index (Phi) is 5.91. The lowest BCUT2D eigenvalue weighted by Gasteiger charge is -2.24. The maximum atomic E-state index is 13.9. The van der Waals surface area contributed by atoms with Crippen LogP contribution in [0.1, 0.15) is 18.1 Å². The summed E-state index contributed by atoms with van der Waals surface area (Å²) < 4.78 is 13.9. The maximum Gasteiger partial charge on any atom is 0.241 e. The average molecular weight is 346 g/mol. The number of anilines is 1. The second-order valence-corrected chi connectivity index (χ2v) is 5.85. The summed E-state index contributed by atoms with van der Waals surface area (Å²) in [5, 5.41) is 12.1. The fraction of sp³-hybridized carbons (Fsp3) is 0.222. The summed E-state index contributed by atoms with van der Waals surface area (Å²) in [4.78, 5) is 14.1. The van der Waals surface area contributed by atoms with Gasteiger partial charge in [-0.25, -0.2) is 4.39 Å². The van der Waals surface area contributed by atoms with Crippen molar-refractivity contribution in [2.24, 2.45) is 0 Å². The molecular weight excluding hydrogens is 329 g/mol. The van der Waals surface area contributed by atoms with Gasteiger partial charge in [0.05, 0.1) is 17.3 Å². The van der Waals surface area contributed by atoms with E-state index in [0.29, 0.717) is 21.8 Å². The molecule has 0 aromatic heterocycles. The lowest BCUT2D eigenvalue weighted by atomic mass is 10.1. The Bertz CT molecular complexity index is 768. The molecule has 0 unspecified atom stereocenters. The van der Waals surface area contributed by atoms with Crippen LogP contribution in [0.5, 0.6) is 0 Å². The van der Waals surface area contributed by atoms with Crippen LogP contribution in [0.3, 0.4) is 0 Å². The summed E-state index contributed by atoms with van der Waals surface area (Å²) in [5.74, 6) is -0.690. The summed E-state index contributed by atoms with van der Waals surface area (Å²) in [5.41, 5.74) is 1.19. The maximum absolute atomic E-state index is 13.9. The van der Waals surface area contributed by atoms with Gasteiger partial charge in [-0.05, 0) is 38.2 Å². The highest BCUT2D eigenvalue weighted by Crippen LogP contribution is 2.21. The third-order valence-electron chi connectivity index (χ3n) is 3.82. The van der Waals surface area contributed by atoms with E-state index < -0.39 is 11.9 Å². The van der Waals surface area contributed by atoms with E-state index in [1.807, 2.05) is 6.07 Å². The Morgan fingerprint density at radius 3 is 2.71 bits per heavy atom. The van der Waals surface area contributed by atoms with Crippen LogP contribution >= 0.6 is 11.6 Å². The Hall–Kier alpha value is -2.42. The number of carbonyl (C=O) groups excluding carboxylic acids is 1. The van der Waals surface area contributed by atoms with Gasteiger partial charge < -0.3 is 5.32 Å². The number of nitrogens with zero attached hydrogens (tertiary/aromatic N) is 2. The van der Waals surface area contributed by atoms with Gasteiger partial charge in [0.1, 0.15) is 11.9 Å². The molecule has 4 nitrogen and oxygen atoms in total. The standard InChI is InChI=1S/C18H17ClFN3O/c1-12(18(24)22-17-9-4-3-6-13(17)10-21)23(2)11-14-15(19)7-5-8-16(14)20/h3-9,12H,11H2,1-2H3,(H,22,24)/t12-/m0/s1. The van der Waals surface area contributed by atoms with Crippen LogP contribution in [0.4, 0.5) is 10.1 Å². The van der Waals surface area contributed by atoms with E-state index >= 15 is 0 Å². The molecule has 0 saturated heterocycles. The number of rotatable bonds is 5. The lowest BCUT2D eigenvalue weighted by Crippen LogP contribution is -2.39. The van der Waals surface area contributed by atoms with Gasteiger partial charge in [-0.1, -0.05) is 29.8 Å². The molecule has 24 heavy (non-hydrogen) atoms. The molecule has 0 spiro atoms. The number of benzene rings is 2. The minimum absolute atomic E-state index is 0.194. The number of nitrogens with one attached hydrogen (secondary N) is 1. The smallest absolute Gasteiger partial charge is 0.241 e. The number of likely N-dealkylation sites (N-methyl/N-ethyl adjacent to an activating group) is 1. The number of halogens is 2. The van der Waals surface area contributed by atoms with Crippen molar-refractivity contribution in [3.8, 4) is 6.07 Å². The SMILES string of the molecule is C[C@@H](C(=O)Nc1ccccc1C#N)N(C)Cc1c(F)cccc1Cl. The molecule has 2 aromatic rings. The van der Waals surface area contributed by atoms with Crippen molar-refractivity contribution >= 4 is 23.2 Å². The van der Waals surface area contributed by atoms with Crippen LogP contribution in [-0.2, 0) is 11.3 Å². The summed E-state index contributed by atoms with van der Waals surface area (Å²) in [7, 11) is 1.71. The van der Waals surface area contributed by atoms with Crippen LogP contribution in [-0.4, -0.2) is 23.9 Å². The van der Waals surface area contributed by atoms with Gasteiger partial charge in [0.2, 0.25) is 5.91 Å². The Labute approximate surface area is 145 Å². The van der Waals surface area contributed by atoms with Crippen LogP contribution in [0.15, 0.2) is 42.5 Å². The third kappa shape index (κ3) is 4.10. The highest BCUT2D eigenvalue weighted by atomic mass is 35.5. The van der Waals surface area contributed by atoms with Gasteiger partial charge in [-0.15, -0.1) is 0 Å². The Morgan fingerprint density at radius 2 is 2.04 bits per heavy atom. The van der Waals surface area contributed by atoms with Crippen LogP contribution < -0.4 is 5.32 Å². The van der Waals surface area contributed by atoms with Gasteiger partial charge in [-0.2, -0.15) is 5.26 Å². The predicted octanol–water partition coefficient (Wildman–Crippen LogP) is 3.81. The minimum atomic E-state index is -0.535. The molecule has 1 N–H and O–H groups in total. The van der Waals surface area contributed by atoms with Gasteiger partial charge in [0.15, 0.2) is 0 Å². The number of hydrogen-bond donors (Lipinski definition) is 1. The van der Waals surface area contributed by atoms with E-state index in [1.165, 1.54) is 12.1 Å². The molecule has 0 aliphatic rings. The van der Waals surface area contributed by atoms with E-state index in [9.17, 15) is 9.18 Å². The molecule has 1 atom stereocenters. The van der Waals surface area contributed by atoms with Crippen molar-refractivity contribution in [3.05, 3.63) is 64.4 Å². The zero-order valence-corrected chi connectivity index (χ0v) is 14.1. The number of amides is 1. The molecule has 0 fully saturated rings. The first-order valence-electron chi connectivity index (χ1n) is 7.37. The highest BCUT2D eigenvalue weighted by Gasteiger charge is 2.21. The fourth-order valence-corrected chi connectivity index (χ4v) is 2.42. The van der Waals surface area contributed by atoms with Crippen LogP contribution in [0, 0.1) is 17.1 Å². The molecule has 0 heterocycles. The highest BCUT2D eigenvalue weighted by molar-refractivity contribution is 6.31. The van der Waals surface area contributed by atoms with E-state index in [4.69, 9.17) is 16.9 Å². The minimum Gasteiger partial charge on any atom is -0.324 e. The quantitative estimate of drug-likeness (QED) is 0.896. The van der Waals surface area contributed by atoms with E-state index in [2.05, 4.69) is 5.32 Å². The predicted molar refractivity (Wildman–Crippen MR) is 92.1 cm³/mol. The van der Waals surface area contributed by atoms with Gasteiger partial charge >= 0.3 is 0 Å². The first-order chi connectivity index (χ1) is 11.4. The average Bonchev–Trinajstić information content (AvgIpc) is 2.57. The number of hydrogen-bond acceptors (Lipinski definition) is 3. The third-order valence-corrected chi connectivity index (χ3v) is 4.17. The first-order valence-corrected chi connectivity index (χ1v) is 7.75. The summed E-state index contributed by atoms with van der Waals surface area (Å²) in [6.45, 7) is 1.90. The molecular formula is C18H17ClFN3O. The number of nitriles is 1. The molecule has 1 amide bonds. The van der Waals surface area contributed by atoms with Crippen molar-refractivity contribution < 1.29 is 9.18 Å². The summed E-state index contributed by atoms with van der Waals surface area (Å²) >= 11 is 6.02. The van der Waals surface area contributed by atoms with Crippen LogP contribution in [0.2, 0.25) is 5.02 Å². The molecule has 0 saturated carbocycles. The summed E-state index contributed by atoms with van der Waals surface area (Å²) in [6, 6.07) is 12.7. The second kappa shape index (κ2) is 7.91. The molecule has 0 aliphatic carbocycles. The van der Waals surface area contributed by atoms with Gasteiger partial charge in [-0.3, -0.25) is 9.69 Å². The topological polar surface area (TPSA) is 56.1 Å². The van der Waals surface area contributed by atoms with Crippen molar-refractivity contribution in [1.82, 2.24) is 4.90 Å². The fourth-order valence-electron chi connectivity index (χ4n) is 2.20. The Morgan fingerprint density at radius 1 is 1.33 bits per heavy atom. The molecule has 0 aliphatic heterocycles. The zero-order chi connectivity index (χ0) is 17.7. The van der Waals surface area contributed by atoms with Gasteiger partial charge in [0, 0.05) is 17.1 Å². The monoisotopic (exact) mass is 345 g/mol. The van der Waals surface area contributed by atoms with Crippen molar-refractivity contribution in [2.75, 3.05) is 12.4 Å². The normalized spacial score (nSPS) is 11.8. The van der Waals surface area contributed by atoms with Gasteiger partial charge in [0.25, 0.3) is 0 Å². The molecule has 2 aromatic carbocycles. The van der Waals surface area contributed by atoms with Crippen molar-refractivity contribution in [2.45, 2.75) is 19.5 Å². The Balaban J connectivity index is 2.09. The van der Waals surface area contributed by atoms with E-state index in [1.54, 1.807) is 49.2 Å². The molecule has 6 heteroatoms. The van der Waals surface area contributed by atoms with Crippen molar-refractivity contribution in [3.63, 3.8) is 0 Å². The molecule has 2 rings (SSSR count). The molecule has 0 bridgehead atoms. The van der Waals surface area contributed by atoms with Crippen molar-refractivity contribution in [1.29, 1.82) is 5.26 Å². The molecule has 124 valence electrons. The second-order valence-electron chi connectivity index (χ2n) is 5.44.